The first-order valence-corrected chi connectivity index (χ1v) is 9.67. The van der Waals surface area contributed by atoms with Crippen LogP contribution in [0.2, 0.25) is 5.02 Å². The highest BCUT2D eigenvalue weighted by Crippen LogP contribution is 2.35. The monoisotopic (exact) mass is 364 g/mol. The van der Waals surface area contributed by atoms with Gasteiger partial charge in [-0.3, -0.25) is 4.90 Å². The van der Waals surface area contributed by atoms with Crippen LogP contribution in [0.3, 0.4) is 0 Å². The van der Waals surface area contributed by atoms with Crippen molar-refractivity contribution >= 4 is 49.6 Å². The highest BCUT2D eigenvalue weighted by Gasteiger charge is 2.23. The zero-order valence-electron chi connectivity index (χ0n) is 12.5. The van der Waals surface area contributed by atoms with Gasteiger partial charge in [-0.15, -0.1) is 22.7 Å². The van der Waals surface area contributed by atoms with Gasteiger partial charge in [0.1, 0.15) is 0 Å². The van der Waals surface area contributed by atoms with Crippen LogP contribution in [0.25, 0.3) is 10.2 Å². The molecule has 2 aromatic heterocycles. The number of thiazole rings is 2. The molecule has 0 saturated carbocycles. The number of fused-ring (bicyclic) bond motifs is 1. The van der Waals surface area contributed by atoms with E-state index in [2.05, 4.69) is 16.0 Å². The third-order valence-corrected chi connectivity index (χ3v) is 6.50. The van der Waals surface area contributed by atoms with E-state index in [9.17, 15) is 0 Å². The summed E-state index contributed by atoms with van der Waals surface area (Å²) in [6.45, 7) is 3.15. The number of halogens is 1. The third-order valence-electron chi connectivity index (χ3n) is 4.25. The normalized spacial score (nSPS) is 17.1. The lowest BCUT2D eigenvalue weighted by atomic mass is 9.97. The van der Waals surface area contributed by atoms with Gasteiger partial charge in [-0.25, -0.2) is 9.97 Å². The first-order valence-electron chi connectivity index (χ1n) is 7.66. The lowest BCUT2D eigenvalue weighted by Crippen LogP contribution is -2.32. The molecule has 3 aromatic rings. The summed E-state index contributed by atoms with van der Waals surface area (Å²) in [7, 11) is 0. The number of anilines is 1. The van der Waals surface area contributed by atoms with Gasteiger partial charge >= 0.3 is 0 Å². The van der Waals surface area contributed by atoms with Crippen molar-refractivity contribution in [1.82, 2.24) is 14.9 Å². The van der Waals surface area contributed by atoms with Crippen molar-refractivity contribution in [2.45, 2.75) is 25.3 Å². The molecule has 7 heteroatoms. The molecule has 0 atom stereocenters. The molecule has 120 valence electrons. The number of nitrogens with two attached hydrogens (primary N) is 1. The molecule has 0 bridgehead atoms. The maximum atomic E-state index is 6.06. The number of hydrogen-bond donors (Lipinski definition) is 1. The number of rotatable bonds is 3. The average molecular weight is 365 g/mol. The van der Waals surface area contributed by atoms with E-state index in [-0.39, 0.29) is 0 Å². The number of aromatic nitrogens is 2. The molecule has 1 aliphatic heterocycles. The smallest absolute Gasteiger partial charge is 0.180 e. The summed E-state index contributed by atoms with van der Waals surface area (Å²) in [6.07, 6.45) is 4.20. The Labute approximate surface area is 147 Å². The molecule has 3 heterocycles. The number of hydrogen-bond acceptors (Lipinski definition) is 6. The maximum Gasteiger partial charge on any atom is 0.180 e. The quantitative estimate of drug-likeness (QED) is 0.749. The molecular weight excluding hydrogens is 348 g/mol. The fourth-order valence-electron chi connectivity index (χ4n) is 3.05. The second kappa shape index (κ2) is 6.36. The van der Waals surface area contributed by atoms with E-state index in [4.69, 9.17) is 22.3 Å². The third kappa shape index (κ3) is 3.35. The van der Waals surface area contributed by atoms with Crippen LogP contribution in [-0.4, -0.2) is 28.0 Å². The van der Waals surface area contributed by atoms with Gasteiger partial charge in [0, 0.05) is 28.6 Å². The van der Waals surface area contributed by atoms with Crippen molar-refractivity contribution in [1.29, 1.82) is 0 Å². The molecular formula is C16H17ClN4S2. The van der Waals surface area contributed by atoms with Crippen molar-refractivity contribution in [2.75, 3.05) is 18.8 Å². The van der Waals surface area contributed by atoms with E-state index in [1.165, 1.54) is 14.6 Å². The number of benzene rings is 1. The van der Waals surface area contributed by atoms with Crippen LogP contribution >= 0.6 is 34.3 Å². The molecule has 4 nitrogen and oxygen atoms in total. The van der Waals surface area contributed by atoms with Gasteiger partial charge in [-0.1, -0.05) is 11.6 Å². The summed E-state index contributed by atoms with van der Waals surface area (Å²) < 4.78 is 1.23. The first-order chi connectivity index (χ1) is 11.2. The number of piperidine rings is 1. The minimum absolute atomic E-state index is 0.564. The van der Waals surface area contributed by atoms with Gasteiger partial charge in [0.2, 0.25) is 0 Å². The van der Waals surface area contributed by atoms with E-state index in [0.29, 0.717) is 11.0 Å². The molecule has 1 aromatic carbocycles. The Morgan fingerprint density at radius 2 is 2.09 bits per heavy atom. The molecule has 4 rings (SSSR count). The van der Waals surface area contributed by atoms with Crippen LogP contribution in [0, 0.1) is 0 Å². The fourth-order valence-corrected chi connectivity index (χ4v) is 5.06. The molecule has 1 fully saturated rings. The van der Waals surface area contributed by atoms with Gasteiger partial charge in [0.15, 0.2) is 5.13 Å². The standard InChI is InChI=1S/C16H17ClN4S2/c17-11-1-2-14-13(7-11)20-15(23-14)10-3-5-21(6-4-10)9-12-8-19-16(18)22-12/h1-2,7-8,10H,3-6,9H2,(H2,18,19). The van der Waals surface area contributed by atoms with E-state index in [0.717, 1.165) is 43.0 Å². The number of nitrogen functional groups attached to an aromatic ring is 1. The van der Waals surface area contributed by atoms with Crippen LogP contribution in [0.1, 0.15) is 28.6 Å². The largest absolute Gasteiger partial charge is 0.375 e. The van der Waals surface area contributed by atoms with Gasteiger partial charge in [0.25, 0.3) is 0 Å². The number of likely N-dealkylation sites (tertiary alicyclic amines) is 1. The Hall–Kier alpha value is -1.21. The summed E-state index contributed by atoms with van der Waals surface area (Å²) >= 11 is 9.45. The van der Waals surface area contributed by atoms with E-state index < -0.39 is 0 Å². The predicted octanol–water partition coefficient (Wildman–Crippen LogP) is 4.37. The van der Waals surface area contributed by atoms with Crippen molar-refractivity contribution in [2.24, 2.45) is 0 Å². The Morgan fingerprint density at radius 1 is 1.26 bits per heavy atom. The Kier molecular flexibility index (Phi) is 4.24. The first kappa shape index (κ1) is 15.3. The lowest BCUT2D eigenvalue weighted by molar-refractivity contribution is 0.206. The average Bonchev–Trinajstić information content (AvgIpc) is 3.14. The Bertz CT molecular complexity index is 820. The molecule has 0 spiro atoms. The fraction of sp³-hybridized carbons (Fsp3) is 0.375. The topological polar surface area (TPSA) is 55.0 Å². The maximum absolute atomic E-state index is 6.06. The summed E-state index contributed by atoms with van der Waals surface area (Å²) in [5.74, 6) is 0.564. The van der Waals surface area contributed by atoms with Gasteiger partial charge < -0.3 is 5.73 Å². The zero-order valence-corrected chi connectivity index (χ0v) is 14.9. The van der Waals surface area contributed by atoms with E-state index >= 15 is 0 Å². The zero-order chi connectivity index (χ0) is 15.8. The Balaban J connectivity index is 1.42. The van der Waals surface area contributed by atoms with Crippen LogP contribution in [0.15, 0.2) is 24.4 Å². The number of nitrogens with zero attached hydrogens (tertiary/aromatic N) is 3. The van der Waals surface area contributed by atoms with Crippen LogP contribution in [0.5, 0.6) is 0 Å². The molecule has 2 N–H and O–H groups in total. The van der Waals surface area contributed by atoms with Gasteiger partial charge in [0.05, 0.1) is 15.2 Å². The van der Waals surface area contributed by atoms with Crippen molar-refractivity contribution in [3.05, 3.63) is 39.3 Å². The second-order valence-corrected chi connectivity index (χ2v) is 8.52. The van der Waals surface area contributed by atoms with Crippen molar-refractivity contribution in [3.63, 3.8) is 0 Å². The van der Waals surface area contributed by atoms with Crippen molar-refractivity contribution in [3.8, 4) is 0 Å². The SMILES string of the molecule is Nc1ncc(CN2CCC(c3nc4cc(Cl)ccc4s3)CC2)s1. The highest BCUT2D eigenvalue weighted by atomic mass is 35.5. The molecule has 0 amide bonds. The van der Waals surface area contributed by atoms with Crippen LogP contribution < -0.4 is 5.73 Å². The van der Waals surface area contributed by atoms with Crippen molar-refractivity contribution < 1.29 is 0 Å². The molecule has 0 aliphatic carbocycles. The second-order valence-electron chi connectivity index (χ2n) is 5.88. The van der Waals surface area contributed by atoms with Gasteiger partial charge in [-0.2, -0.15) is 0 Å². The minimum Gasteiger partial charge on any atom is -0.375 e. The van der Waals surface area contributed by atoms with Crippen LogP contribution in [0.4, 0.5) is 5.13 Å². The molecule has 1 aliphatic rings. The molecule has 23 heavy (non-hydrogen) atoms. The molecule has 0 radical (unpaired) electrons. The predicted molar refractivity (Wildman–Crippen MR) is 98.4 cm³/mol. The summed E-state index contributed by atoms with van der Waals surface area (Å²) in [5.41, 5.74) is 6.73. The molecule has 0 unspecified atom stereocenters. The lowest BCUT2D eigenvalue weighted by Gasteiger charge is -2.30. The summed E-state index contributed by atoms with van der Waals surface area (Å²) in [6, 6.07) is 5.97. The van der Waals surface area contributed by atoms with Gasteiger partial charge in [-0.05, 0) is 44.1 Å². The van der Waals surface area contributed by atoms with E-state index in [1.54, 1.807) is 11.3 Å². The minimum atomic E-state index is 0.564. The molecule has 1 saturated heterocycles. The van der Waals surface area contributed by atoms with Crippen LogP contribution in [-0.2, 0) is 6.54 Å². The Morgan fingerprint density at radius 3 is 2.83 bits per heavy atom. The summed E-state index contributed by atoms with van der Waals surface area (Å²) in [4.78, 5) is 12.7. The highest BCUT2D eigenvalue weighted by molar-refractivity contribution is 7.18. The summed E-state index contributed by atoms with van der Waals surface area (Å²) in [5, 5.41) is 2.67. The van der Waals surface area contributed by atoms with E-state index in [1.807, 2.05) is 29.7 Å².